The maximum absolute atomic E-state index is 13.3. The predicted molar refractivity (Wildman–Crippen MR) is 139 cm³/mol. The zero-order chi connectivity index (χ0) is 25.7. The number of ether oxygens (including phenoxy) is 1. The van der Waals surface area contributed by atoms with Gasteiger partial charge in [-0.1, -0.05) is 41.9 Å². The Labute approximate surface area is 214 Å². The fraction of sp³-hybridized carbons (Fsp3) is 0.385. The summed E-state index contributed by atoms with van der Waals surface area (Å²) in [7, 11) is 0. The molecule has 3 aromatic rings. The quantitative estimate of drug-likeness (QED) is 0.356. The molecule has 0 spiro atoms. The van der Waals surface area contributed by atoms with E-state index in [1.54, 1.807) is 19.1 Å². The number of hydrogen-bond acceptors (Lipinski definition) is 5. The smallest absolute Gasteiger partial charge is 0.348 e. The third kappa shape index (κ3) is 5.85. The minimum Gasteiger partial charge on any atom is -0.381 e. The molecule has 2 aromatic carbocycles. The highest BCUT2D eigenvalue weighted by molar-refractivity contribution is 6.30. The highest BCUT2D eigenvalue weighted by Gasteiger charge is 2.27. The number of carbonyl (C=O) groups excluding carboxylic acids is 1. The molecule has 1 amide bonds. The SMILES string of the molecule is C[C@H](C(N)=O)n1c(NC[C@H](C(=[NH2+])c2ccc(Cl)cc2)c2ccccc2)nn(CC2CCOCC2)c1=O. The Morgan fingerprint density at radius 3 is 2.50 bits per heavy atom. The first-order valence-electron chi connectivity index (χ1n) is 12.1. The molecule has 4 rings (SSSR count). The van der Waals surface area contributed by atoms with Gasteiger partial charge in [0, 0.05) is 36.9 Å². The second kappa shape index (κ2) is 11.5. The number of rotatable bonds is 10. The molecule has 1 fully saturated rings. The van der Waals surface area contributed by atoms with Crippen molar-refractivity contribution in [1.82, 2.24) is 14.3 Å². The van der Waals surface area contributed by atoms with E-state index in [4.69, 9.17) is 27.5 Å². The molecule has 0 unspecified atom stereocenters. The van der Waals surface area contributed by atoms with Crippen molar-refractivity contribution in [3.63, 3.8) is 0 Å². The first kappa shape index (κ1) is 25.7. The Bertz CT molecular complexity index is 1250. The standard InChI is InChI=1S/C26H31ClN6O3/c1-17(24(29)34)33-25(31-32(26(33)35)16-18-11-13-36-14-12-18)30-15-22(19-5-3-2-4-6-19)23(28)20-7-9-21(27)10-8-20/h2-10,17-18,22,28H,11-16H2,1H3,(H2,29,34)(H,30,31)/p+1/t17-,22+/m1/s1. The molecule has 0 radical (unpaired) electrons. The van der Waals surface area contributed by atoms with E-state index < -0.39 is 11.9 Å². The zero-order valence-corrected chi connectivity index (χ0v) is 21.0. The molecule has 1 saturated heterocycles. The molecule has 1 aliphatic rings. The van der Waals surface area contributed by atoms with Crippen LogP contribution in [0.15, 0.2) is 59.4 Å². The minimum atomic E-state index is -0.865. The molecule has 2 atom stereocenters. The van der Waals surface area contributed by atoms with Gasteiger partial charge in [-0.2, -0.15) is 0 Å². The number of nitrogens with one attached hydrogen (secondary N) is 1. The lowest BCUT2D eigenvalue weighted by atomic mass is 9.90. The van der Waals surface area contributed by atoms with Crippen molar-refractivity contribution in [3.8, 4) is 0 Å². The van der Waals surface area contributed by atoms with Gasteiger partial charge in [0.05, 0.1) is 5.92 Å². The largest absolute Gasteiger partial charge is 0.381 e. The van der Waals surface area contributed by atoms with Crippen molar-refractivity contribution in [2.75, 3.05) is 25.1 Å². The summed E-state index contributed by atoms with van der Waals surface area (Å²) >= 11 is 6.06. The van der Waals surface area contributed by atoms with Gasteiger partial charge in [-0.25, -0.2) is 14.0 Å². The van der Waals surface area contributed by atoms with Crippen LogP contribution in [-0.2, 0) is 16.1 Å². The average molecular weight is 512 g/mol. The van der Waals surface area contributed by atoms with Gasteiger partial charge >= 0.3 is 5.69 Å². The van der Waals surface area contributed by atoms with Crippen LogP contribution in [0.4, 0.5) is 5.95 Å². The van der Waals surface area contributed by atoms with Crippen LogP contribution in [0, 0.1) is 5.92 Å². The van der Waals surface area contributed by atoms with Crippen LogP contribution >= 0.6 is 11.6 Å². The van der Waals surface area contributed by atoms with Crippen LogP contribution in [0.25, 0.3) is 0 Å². The molecule has 0 aliphatic carbocycles. The fourth-order valence-electron chi connectivity index (χ4n) is 4.44. The average Bonchev–Trinajstić information content (AvgIpc) is 3.19. The Balaban J connectivity index is 1.63. The summed E-state index contributed by atoms with van der Waals surface area (Å²) in [4.78, 5) is 25.3. The van der Waals surface area contributed by atoms with E-state index >= 15 is 0 Å². The molecule has 1 aliphatic heterocycles. The number of amides is 1. The van der Waals surface area contributed by atoms with Gasteiger partial charge in [0.1, 0.15) is 6.04 Å². The van der Waals surface area contributed by atoms with Gasteiger partial charge in [-0.05, 0) is 55.5 Å². The third-order valence-corrected chi connectivity index (χ3v) is 6.91. The van der Waals surface area contributed by atoms with Crippen LogP contribution in [0.1, 0.15) is 42.9 Å². The van der Waals surface area contributed by atoms with Crippen molar-refractivity contribution in [2.24, 2.45) is 11.7 Å². The lowest BCUT2D eigenvalue weighted by Gasteiger charge is -2.21. The van der Waals surface area contributed by atoms with Crippen molar-refractivity contribution >= 4 is 29.2 Å². The molecule has 2 heterocycles. The van der Waals surface area contributed by atoms with Crippen molar-refractivity contribution in [3.05, 3.63) is 81.2 Å². The van der Waals surface area contributed by atoms with E-state index in [0.717, 1.165) is 24.0 Å². The molecule has 5 N–H and O–H groups in total. The van der Waals surface area contributed by atoms with Gasteiger partial charge in [0.15, 0.2) is 5.71 Å². The summed E-state index contributed by atoms with van der Waals surface area (Å²) in [5, 5.41) is 15.1. The number of aromatic nitrogens is 3. The lowest BCUT2D eigenvalue weighted by molar-refractivity contribution is -0.120. The number of carbonyl (C=O) groups is 1. The number of benzene rings is 2. The van der Waals surface area contributed by atoms with E-state index in [2.05, 4.69) is 10.4 Å². The first-order valence-corrected chi connectivity index (χ1v) is 12.5. The molecule has 9 nitrogen and oxygen atoms in total. The molecule has 0 bridgehead atoms. The van der Waals surface area contributed by atoms with E-state index in [1.165, 1.54) is 9.25 Å². The van der Waals surface area contributed by atoms with Gasteiger partial charge in [-0.3, -0.25) is 10.2 Å². The van der Waals surface area contributed by atoms with Crippen LogP contribution in [-0.4, -0.2) is 45.7 Å². The summed E-state index contributed by atoms with van der Waals surface area (Å²) in [6.07, 6.45) is 1.71. The summed E-state index contributed by atoms with van der Waals surface area (Å²) in [5.74, 6) is -0.288. The van der Waals surface area contributed by atoms with E-state index in [-0.39, 0.29) is 23.5 Å². The van der Waals surface area contributed by atoms with Crippen LogP contribution < -0.4 is 22.1 Å². The van der Waals surface area contributed by atoms with Crippen molar-refractivity contribution < 1.29 is 14.9 Å². The van der Waals surface area contributed by atoms with Crippen molar-refractivity contribution in [2.45, 2.75) is 38.3 Å². The van der Waals surface area contributed by atoms with Gasteiger partial charge in [0.2, 0.25) is 11.9 Å². The summed E-state index contributed by atoms with van der Waals surface area (Å²) in [6, 6.07) is 16.3. The highest BCUT2D eigenvalue weighted by atomic mass is 35.5. The predicted octanol–water partition coefficient (Wildman–Crippen LogP) is 1.62. The zero-order valence-electron chi connectivity index (χ0n) is 20.3. The lowest BCUT2D eigenvalue weighted by Crippen LogP contribution is -2.46. The number of anilines is 1. The second-order valence-corrected chi connectivity index (χ2v) is 9.54. The van der Waals surface area contributed by atoms with E-state index in [1.807, 2.05) is 42.5 Å². The highest BCUT2D eigenvalue weighted by Crippen LogP contribution is 2.23. The second-order valence-electron chi connectivity index (χ2n) is 9.10. The van der Waals surface area contributed by atoms with Crippen LogP contribution in [0.5, 0.6) is 0 Å². The number of nitrogens with two attached hydrogens (primary N) is 2. The van der Waals surface area contributed by atoms with Gasteiger partial charge in [0.25, 0.3) is 0 Å². The Morgan fingerprint density at radius 1 is 1.19 bits per heavy atom. The topological polar surface area (TPSA) is 130 Å². The van der Waals surface area contributed by atoms with Crippen molar-refractivity contribution in [1.29, 1.82) is 0 Å². The maximum atomic E-state index is 13.3. The number of nitrogens with zero attached hydrogens (tertiary/aromatic N) is 3. The normalized spacial score (nSPS) is 15.8. The van der Waals surface area contributed by atoms with Gasteiger partial charge in [-0.15, -0.1) is 5.10 Å². The number of hydrogen-bond donors (Lipinski definition) is 3. The molecule has 10 heteroatoms. The third-order valence-electron chi connectivity index (χ3n) is 6.66. The Morgan fingerprint density at radius 2 is 1.86 bits per heavy atom. The summed E-state index contributed by atoms with van der Waals surface area (Å²) in [5.41, 5.74) is 7.68. The summed E-state index contributed by atoms with van der Waals surface area (Å²) in [6.45, 7) is 3.73. The number of halogens is 1. The van der Waals surface area contributed by atoms with E-state index in [9.17, 15) is 9.59 Å². The van der Waals surface area contributed by atoms with Crippen LogP contribution in [0.2, 0.25) is 5.02 Å². The van der Waals surface area contributed by atoms with E-state index in [0.29, 0.717) is 37.0 Å². The Hall–Kier alpha value is -3.43. The minimum absolute atomic E-state index is 0.236. The Kier molecular flexibility index (Phi) is 8.22. The molecule has 36 heavy (non-hydrogen) atoms. The first-order chi connectivity index (χ1) is 17.3. The maximum Gasteiger partial charge on any atom is 0.348 e. The molecular weight excluding hydrogens is 480 g/mol. The molecular formula is C26H32ClN6O3+. The molecule has 0 saturated carbocycles. The summed E-state index contributed by atoms with van der Waals surface area (Å²) < 4.78 is 8.17. The number of primary amides is 1. The molecule has 190 valence electrons. The van der Waals surface area contributed by atoms with Crippen LogP contribution in [0.3, 0.4) is 0 Å². The monoisotopic (exact) mass is 511 g/mol. The van der Waals surface area contributed by atoms with Gasteiger partial charge < -0.3 is 15.8 Å². The molecule has 1 aromatic heterocycles. The fourth-order valence-corrected chi connectivity index (χ4v) is 4.57.